The summed E-state index contributed by atoms with van der Waals surface area (Å²) in [7, 11) is 0. The van der Waals surface area contributed by atoms with E-state index in [9.17, 15) is 0 Å². The first-order valence-electron chi connectivity index (χ1n) is 5.24. The largest absolute Gasteiger partial charge is 0.396 e. The summed E-state index contributed by atoms with van der Waals surface area (Å²) in [6.45, 7) is 5.09. The Morgan fingerprint density at radius 1 is 1.47 bits per heavy atom. The molecule has 1 atom stereocenters. The Kier molecular flexibility index (Phi) is 5.15. The molecule has 0 aliphatic rings. The number of aliphatic hydroxyl groups excluding tert-OH is 1. The van der Waals surface area contributed by atoms with Gasteiger partial charge in [-0.15, -0.1) is 11.8 Å². The smallest absolute Gasteiger partial charge is 0.0441 e. The lowest BCUT2D eigenvalue weighted by Crippen LogP contribution is -2.01. The summed E-state index contributed by atoms with van der Waals surface area (Å²) in [4.78, 5) is 1.29. The monoisotopic (exact) mass is 225 g/mol. The average Bonchev–Trinajstić information content (AvgIpc) is 2.21. The summed E-state index contributed by atoms with van der Waals surface area (Å²) in [5, 5.41) is 9.29. The topological polar surface area (TPSA) is 46.2 Å². The van der Waals surface area contributed by atoms with E-state index in [1.165, 1.54) is 16.0 Å². The van der Waals surface area contributed by atoms with Crippen LogP contribution in [0.3, 0.4) is 0 Å². The molecule has 0 fully saturated rings. The third-order valence-electron chi connectivity index (χ3n) is 2.34. The van der Waals surface area contributed by atoms with Gasteiger partial charge in [-0.3, -0.25) is 0 Å². The van der Waals surface area contributed by atoms with E-state index in [0.717, 1.165) is 6.42 Å². The van der Waals surface area contributed by atoms with E-state index in [1.54, 1.807) is 0 Å². The first kappa shape index (κ1) is 12.6. The van der Waals surface area contributed by atoms with Crippen molar-refractivity contribution >= 4 is 11.8 Å². The molecule has 2 nitrogen and oxygen atoms in total. The molecule has 0 radical (unpaired) electrons. The zero-order chi connectivity index (χ0) is 11.3. The highest BCUT2D eigenvalue weighted by molar-refractivity contribution is 8.00. The van der Waals surface area contributed by atoms with Crippen molar-refractivity contribution in [3.63, 3.8) is 0 Å². The summed E-state index contributed by atoms with van der Waals surface area (Å²) in [5.74, 6) is 0. The SMILES string of the molecule is Cc1cc(CN)ccc1SC(C)CCO. The molecule has 3 N–H and O–H groups in total. The maximum atomic E-state index is 8.84. The number of benzene rings is 1. The van der Waals surface area contributed by atoms with Crippen molar-refractivity contribution in [2.24, 2.45) is 5.73 Å². The second-order valence-electron chi connectivity index (χ2n) is 3.74. The number of hydrogen-bond donors (Lipinski definition) is 2. The normalized spacial score (nSPS) is 12.8. The van der Waals surface area contributed by atoms with Gasteiger partial charge in [0.2, 0.25) is 0 Å². The molecule has 1 unspecified atom stereocenters. The predicted molar refractivity (Wildman–Crippen MR) is 66.1 cm³/mol. The Morgan fingerprint density at radius 3 is 2.73 bits per heavy atom. The number of hydrogen-bond acceptors (Lipinski definition) is 3. The number of aryl methyl sites for hydroxylation is 1. The van der Waals surface area contributed by atoms with E-state index < -0.39 is 0 Å². The van der Waals surface area contributed by atoms with Crippen LogP contribution in [0.2, 0.25) is 0 Å². The van der Waals surface area contributed by atoms with Crippen molar-refractivity contribution < 1.29 is 5.11 Å². The third-order valence-corrected chi connectivity index (χ3v) is 3.69. The lowest BCUT2D eigenvalue weighted by molar-refractivity contribution is 0.289. The molecule has 0 amide bonds. The Hall–Kier alpha value is -0.510. The van der Waals surface area contributed by atoms with Crippen LogP contribution in [-0.4, -0.2) is 17.0 Å². The minimum absolute atomic E-state index is 0.258. The molecule has 0 aliphatic heterocycles. The summed E-state index contributed by atoms with van der Waals surface area (Å²) < 4.78 is 0. The summed E-state index contributed by atoms with van der Waals surface area (Å²) in [5.41, 5.74) is 8.02. The number of thioether (sulfide) groups is 1. The molecule has 1 aromatic rings. The van der Waals surface area contributed by atoms with Crippen LogP contribution in [-0.2, 0) is 6.54 Å². The minimum Gasteiger partial charge on any atom is -0.396 e. The lowest BCUT2D eigenvalue weighted by Gasteiger charge is -2.12. The fraction of sp³-hybridized carbons (Fsp3) is 0.500. The van der Waals surface area contributed by atoms with Gasteiger partial charge in [-0.25, -0.2) is 0 Å². The van der Waals surface area contributed by atoms with Crippen molar-refractivity contribution in [3.05, 3.63) is 29.3 Å². The molecular weight excluding hydrogens is 206 g/mol. The van der Waals surface area contributed by atoms with E-state index in [-0.39, 0.29) is 6.61 Å². The van der Waals surface area contributed by atoms with E-state index in [2.05, 4.69) is 32.0 Å². The summed E-state index contributed by atoms with van der Waals surface area (Å²) >= 11 is 1.81. The zero-order valence-electron chi connectivity index (χ0n) is 9.36. The van der Waals surface area contributed by atoms with Gasteiger partial charge in [0.05, 0.1) is 0 Å². The molecule has 0 saturated carbocycles. The van der Waals surface area contributed by atoms with Gasteiger partial charge < -0.3 is 10.8 Å². The second-order valence-corrected chi connectivity index (χ2v) is 5.22. The Labute approximate surface area is 95.9 Å². The molecule has 1 rings (SSSR count). The number of nitrogens with two attached hydrogens (primary N) is 1. The first-order chi connectivity index (χ1) is 7.17. The van der Waals surface area contributed by atoms with E-state index in [1.807, 2.05) is 11.8 Å². The molecule has 15 heavy (non-hydrogen) atoms. The standard InChI is InChI=1S/C12H19NOS/c1-9-7-11(8-13)3-4-12(9)15-10(2)5-6-14/h3-4,7,10,14H,5-6,8,13H2,1-2H3. The molecular formula is C12H19NOS. The molecule has 0 spiro atoms. The van der Waals surface area contributed by atoms with Gasteiger partial charge >= 0.3 is 0 Å². The van der Waals surface area contributed by atoms with Crippen LogP contribution in [0, 0.1) is 6.92 Å². The van der Waals surface area contributed by atoms with Crippen molar-refractivity contribution in [1.82, 2.24) is 0 Å². The van der Waals surface area contributed by atoms with Gasteiger partial charge in [0.15, 0.2) is 0 Å². The van der Waals surface area contributed by atoms with Gasteiger partial charge in [-0.2, -0.15) is 0 Å². The zero-order valence-corrected chi connectivity index (χ0v) is 10.2. The molecule has 0 saturated heterocycles. The highest BCUT2D eigenvalue weighted by atomic mass is 32.2. The molecule has 84 valence electrons. The summed E-state index contributed by atoms with van der Waals surface area (Å²) in [6.07, 6.45) is 0.836. The fourth-order valence-electron chi connectivity index (χ4n) is 1.43. The van der Waals surface area contributed by atoms with Crippen LogP contribution >= 0.6 is 11.8 Å². The quantitative estimate of drug-likeness (QED) is 0.756. The molecule has 1 aromatic carbocycles. The second kappa shape index (κ2) is 6.16. The van der Waals surface area contributed by atoms with E-state index in [0.29, 0.717) is 11.8 Å². The van der Waals surface area contributed by atoms with Gasteiger partial charge in [0, 0.05) is 23.3 Å². The number of rotatable bonds is 5. The highest BCUT2D eigenvalue weighted by Crippen LogP contribution is 2.28. The van der Waals surface area contributed by atoms with Gasteiger partial charge in [0.25, 0.3) is 0 Å². The average molecular weight is 225 g/mol. The Morgan fingerprint density at radius 2 is 2.20 bits per heavy atom. The molecule has 0 heterocycles. The van der Waals surface area contributed by atoms with Crippen molar-refractivity contribution in [3.8, 4) is 0 Å². The van der Waals surface area contributed by atoms with Crippen molar-refractivity contribution in [2.45, 2.75) is 37.0 Å². The molecule has 0 bridgehead atoms. The number of aliphatic hydroxyl groups is 1. The minimum atomic E-state index is 0.258. The Balaban J connectivity index is 2.69. The van der Waals surface area contributed by atoms with Crippen LogP contribution in [0.25, 0.3) is 0 Å². The maximum absolute atomic E-state index is 8.84. The molecule has 0 aromatic heterocycles. The van der Waals surface area contributed by atoms with E-state index >= 15 is 0 Å². The Bertz CT molecular complexity index is 314. The van der Waals surface area contributed by atoms with Gasteiger partial charge in [0.1, 0.15) is 0 Å². The lowest BCUT2D eigenvalue weighted by atomic mass is 10.1. The highest BCUT2D eigenvalue weighted by Gasteiger charge is 2.06. The summed E-state index contributed by atoms with van der Waals surface area (Å²) in [6, 6.07) is 6.32. The predicted octanol–water partition coefficient (Wildman–Crippen LogP) is 2.32. The van der Waals surface area contributed by atoms with Crippen LogP contribution < -0.4 is 5.73 Å². The first-order valence-corrected chi connectivity index (χ1v) is 6.12. The fourth-order valence-corrected chi connectivity index (χ4v) is 2.48. The van der Waals surface area contributed by atoms with Crippen LogP contribution in [0.1, 0.15) is 24.5 Å². The van der Waals surface area contributed by atoms with Crippen molar-refractivity contribution in [2.75, 3.05) is 6.61 Å². The molecule has 0 aliphatic carbocycles. The van der Waals surface area contributed by atoms with Crippen LogP contribution in [0.15, 0.2) is 23.1 Å². The third kappa shape index (κ3) is 3.86. The maximum Gasteiger partial charge on any atom is 0.0441 e. The van der Waals surface area contributed by atoms with Crippen LogP contribution in [0.5, 0.6) is 0 Å². The molecule has 3 heteroatoms. The van der Waals surface area contributed by atoms with Crippen molar-refractivity contribution in [1.29, 1.82) is 0 Å². The van der Waals surface area contributed by atoms with Crippen LogP contribution in [0.4, 0.5) is 0 Å². The van der Waals surface area contributed by atoms with Gasteiger partial charge in [-0.1, -0.05) is 19.1 Å². The van der Waals surface area contributed by atoms with Gasteiger partial charge in [-0.05, 0) is 30.5 Å². The van der Waals surface area contributed by atoms with E-state index in [4.69, 9.17) is 10.8 Å².